The maximum Gasteiger partial charge on any atom is 0.340 e. The molecule has 6 nitrogen and oxygen atoms in total. The third kappa shape index (κ3) is 2.62. The van der Waals surface area contributed by atoms with E-state index in [1.54, 1.807) is 13.0 Å². The zero-order valence-electron chi connectivity index (χ0n) is 14.1. The van der Waals surface area contributed by atoms with Crippen molar-refractivity contribution in [3.8, 4) is 11.5 Å². The monoisotopic (exact) mass is 331 g/mol. The van der Waals surface area contributed by atoms with Crippen LogP contribution in [0.25, 0.3) is 11.0 Å². The smallest absolute Gasteiger partial charge is 0.340 e. The van der Waals surface area contributed by atoms with Crippen LogP contribution in [-0.2, 0) is 17.6 Å². The highest BCUT2D eigenvalue weighted by Gasteiger charge is 2.31. The Kier molecular flexibility index (Phi) is 3.78. The highest BCUT2D eigenvalue weighted by molar-refractivity contribution is 5.92. The van der Waals surface area contributed by atoms with E-state index < -0.39 is 18.0 Å². The maximum absolute atomic E-state index is 12.3. The number of carbonyl (C=O) groups excluding carboxylic acids is 1. The van der Waals surface area contributed by atoms with E-state index in [1.165, 1.54) is 7.11 Å². The zero-order valence-corrected chi connectivity index (χ0v) is 14.1. The summed E-state index contributed by atoms with van der Waals surface area (Å²) in [7, 11) is 1.51. The van der Waals surface area contributed by atoms with Crippen molar-refractivity contribution in [3.05, 3.63) is 33.2 Å². The van der Waals surface area contributed by atoms with Gasteiger partial charge in [0.2, 0.25) is 0 Å². The standard InChI is InChI=1S/C18H20O6/c1-9-11(7-14(19)20)17(21)23-16-10-5-6-18(2,3)24-12(10)8-13(22-4)15(9)16/h8H,5-7H2,1-4H3,(H,19,20)/p-1. The van der Waals surface area contributed by atoms with Crippen molar-refractivity contribution in [1.82, 2.24) is 0 Å². The van der Waals surface area contributed by atoms with Gasteiger partial charge in [0.15, 0.2) is 0 Å². The van der Waals surface area contributed by atoms with Gasteiger partial charge in [-0.05, 0) is 39.2 Å². The molecule has 3 rings (SSSR count). The third-order valence-corrected chi connectivity index (χ3v) is 4.48. The van der Waals surface area contributed by atoms with E-state index in [-0.39, 0.29) is 11.2 Å². The number of carboxylic acid groups (broad SMARTS) is 1. The van der Waals surface area contributed by atoms with Crippen LogP contribution in [0.4, 0.5) is 0 Å². The number of hydrogen-bond donors (Lipinski definition) is 0. The van der Waals surface area contributed by atoms with Crippen LogP contribution in [0, 0.1) is 6.92 Å². The number of fused-ring (bicyclic) bond motifs is 3. The van der Waals surface area contributed by atoms with Gasteiger partial charge in [-0.15, -0.1) is 0 Å². The van der Waals surface area contributed by atoms with Gasteiger partial charge >= 0.3 is 5.63 Å². The Labute approximate surface area is 139 Å². The van der Waals surface area contributed by atoms with Gasteiger partial charge in [0.25, 0.3) is 0 Å². The Morgan fingerprint density at radius 2 is 2.12 bits per heavy atom. The summed E-state index contributed by atoms with van der Waals surface area (Å²) in [6, 6.07) is 1.77. The number of carboxylic acids is 1. The quantitative estimate of drug-likeness (QED) is 0.792. The summed E-state index contributed by atoms with van der Waals surface area (Å²) < 4.78 is 16.9. The highest BCUT2D eigenvalue weighted by Crippen LogP contribution is 2.43. The molecule has 6 heteroatoms. The average molecular weight is 331 g/mol. The molecule has 24 heavy (non-hydrogen) atoms. The first-order valence-corrected chi connectivity index (χ1v) is 7.78. The van der Waals surface area contributed by atoms with Gasteiger partial charge in [0.05, 0.1) is 12.5 Å². The third-order valence-electron chi connectivity index (χ3n) is 4.48. The van der Waals surface area contributed by atoms with Gasteiger partial charge in [-0.1, -0.05) is 0 Å². The minimum atomic E-state index is -1.33. The van der Waals surface area contributed by atoms with E-state index in [0.717, 1.165) is 12.0 Å². The molecule has 1 aliphatic rings. The van der Waals surface area contributed by atoms with Crippen LogP contribution in [0.1, 0.15) is 37.0 Å². The normalized spacial score (nSPS) is 15.7. The molecule has 2 aromatic rings. The lowest BCUT2D eigenvalue weighted by Gasteiger charge is -2.33. The van der Waals surface area contributed by atoms with Crippen molar-refractivity contribution in [2.24, 2.45) is 0 Å². The number of aliphatic carboxylic acids is 1. The van der Waals surface area contributed by atoms with Crippen molar-refractivity contribution < 1.29 is 23.8 Å². The van der Waals surface area contributed by atoms with Crippen LogP contribution in [0.3, 0.4) is 0 Å². The first-order chi connectivity index (χ1) is 11.2. The Balaban J connectivity index is 2.34. The van der Waals surface area contributed by atoms with Crippen molar-refractivity contribution >= 4 is 16.9 Å². The van der Waals surface area contributed by atoms with Crippen LogP contribution in [0.5, 0.6) is 11.5 Å². The minimum Gasteiger partial charge on any atom is -0.550 e. The molecule has 0 amide bonds. The highest BCUT2D eigenvalue weighted by atomic mass is 16.5. The summed E-state index contributed by atoms with van der Waals surface area (Å²) in [5.74, 6) is -0.208. The number of benzene rings is 1. The molecular weight excluding hydrogens is 312 g/mol. The molecule has 0 spiro atoms. The molecule has 0 atom stereocenters. The van der Waals surface area contributed by atoms with Gasteiger partial charge in [0, 0.05) is 29.6 Å². The van der Waals surface area contributed by atoms with Gasteiger partial charge in [-0.3, -0.25) is 0 Å². The second-order valence-corrected chi connectivity index (χ2v) is 6.66. The van der Waals surface area contributed by atoms with E-state index in [9.17, 15) is 14.7 Å². The van der Waals surface area contributed by atoms with Gasteiger partial charge in [-0.2, -0.15) is 0 Å². The first kappa shape index (κ1) is 16.4. The molecule has 0 saturated heterocycles. The number of methoxy groups -OCH3 is 1. The largest absolute Gasteiger partial charge is 0.550 e. The fraction of sp³-hybridized carbons (Fsp3) is 0.444. The lowest BCUT2D eigenvalue weighted by molar-refractivity contribution is -0.304. The first-order valence-electron chi connectivity index (χ1n) is 7.78. The van der Waals surface area contributed by atoms with Crippen molar-refractivity contribution in [1.29, 1.82) is 0 Å². The number of carbonyl (C=O) groups is 1. The lowest BCUT2D eigenvalue weighted by atomic mass is 9.91. The molecule has 0 N–H and O–H groups in total. The molecule has 0 bridgehead atoms. The molecule has 0 radical (unpaired) electrons. The molecule has 0 saturated carbocycles. The molecular formula is C18H19O6-. The molecule has 1 aliphatic heterocycles. The summed E-state index contributed by atoms with van der Waals surface area (Å²) in [6.45, 7) is 5.69. The summed E-state index contributed by atoms with van der Waals surface area (Å²) in [5.41, 5.74) is 0.864. The second kappa shape index (κ2) is 5.54. The Morgan fingerprint density at radius 1 is 1.42 bits per heavy atom. The fourth-order valence-electron chi connectivity index (χ4n) is 3.19. The van der Waals surface area contributed by atoms with Crippen molar-refractivity contribution in [2.75, 3.05) is 7.11 Å². The summed E-state index contributed by atoms with van der Waals surface area (Å²) in [6.07, 6.45) is 0.990. The number of hydrogen-bond acceptors (Lipinski definition) is 6. The number of aryl methyl sites for hydroxylation is 2. The molecule has 0 unspecified atom stereocenters. The second-order valence-electron chi connectivity index (χ2n) is 6.66. The van der Waals surface area contributed by atoms with Gasteiger partial charge in [-0.25, -0.2) is 4.79 Å². The molecule has 128 valence electrons. The van der Waals surface area contributed by atoms with E-state index >= 15 is 0 Å². The Bertz CT molecular complexity index is 891. The molecule has 0 aliphatic carbocycles. The maximum atomic E-state index is 12.3. The van der Waals surface area contributed by atoms with E-state index in [4.69, 9.17) is 13.9 Å². The lowest BCUT2D eigenvalue weighted by Crippen LogP contribution is -2.33. The van der Waals surface area contributed by atoms with Crippen LogP contribution in [-0.4, -0.2) is 18.7 Å². The van der Waals surface area contributed by atoms with Crippen LogP contribution < -0.4 is 20.2 Å². The topological polar surface area (TPSA) is 88.8 Å². The van der Waals surface area contributed by atoms with E-state index in [2.05, 4.69) is 0 Å². The molecule has 0 fully saturated rings. The van der Waals surface area contributed by atoms with Gasteiger partial charge < -0.3 is 23.8 Å². The Morgan fingerprint density at radius 3 is 2.75 bits per heavy atom. The predicted molar refractivity (Wildman–Crippen MR) is 85.5 cm³/mol. The average Bonchev–Trinajstić information content (AvgIpc) is 2.48. The fourth-order valence-corrected chi connectivity index (χ4v) is 3.19. The SMILES string of the molecule is COc1cc2c(c3oc(=O)c(CC(=O)[O-])c(C)c13)CCC(C)(C)O2. The molecule has 1 aromatic heterocycles. The van der Waals surface area contributed by atoms with Crippen molar-refractivity contribution in [2.45, 2.75) is 45.6 Å². The number of rotatable bonds is 3. The van der Waals surface area contributed by atoms with Gasteiger partial charge in [0.1, 0.15) is 22.7 Å². The van der Waals surface area contributed by atoms with E-state index in [1.807, 2.05) is 13.8 Å². The van der Waals surface area contributed by atoms with Crippen molar-refractivity contribution in [3.63, 3.8) is 0 Å². The Hall–Kier alpha value is -2.50. The minimum absolute atomic E-state index is 0.0813. The summed E-state index contributed by atoms with van der Waals surface area (Å²) >= 11 is 0. The zero-order chi connectivity index (χ0) is 17.6. The summed E-state index contributed by atoms with van der Waals surface area (Å²) in [4.78, 5) is 23.2. The number of ether oxygens (including phenoxy) is 2. The predicted octanol–water partition coefficient (Wildman–Crippen LogP) is 1.51. The van der Waals surface area contributed by atoms with Crippen LogP contribution >= 0.6 is 0 Å². The van der Waals surface area contributed by atoms with Crippen LogP contribution in [0.2, 0.25) is 0 Å². The van der Waals surface area contributed by atoms with E-state index in [0.29, 0.717) is 34.5 Å². The van der Waals surface area contributed by atoms with Crippen LogP contribution in [0.15, 0.2) is 15.3 Å². The molecule has 1 aromatic carbocycles. The molecule has 2 heterocycles. The summed E-state index contributed by atoms with van der Waals surface area (Å²) in [5, 5.41) is 11.5.